The highest BCUT2D eigenvalue weighted by atomic mass is 35.5. The fraction of sp³-hybridized carbons (Fsp3) is 0.150. The Balaban J connectivity index is 1.86. The number of ketones is 1. The molecule has 3 N–H and O–H groups in total. The molecule has 0 bridgehead atoms. The molecule has 1 aromatic carbocycles. The topological polar surface area (TPSA) is 120 Å². The maximum absolute atomic E-state index is 11.6. The van der Waals surface area contributed by atoms with Crippen molar-refractivity contribution in [1.82, 2.24) is 15.0 Å². The van der Waals surface area contributed by atoms with E-state index in [-0.39, 0.29) is 17.3 Å². The number of amides is 1. The Labute approximate surface area is 172 Å². The van der Waals surface area contributed by atoms with Gasteiger partial charge in [0.15, 0.2) is 11.6 Å². The lowest BCUT2D eigenvalue weighted by molar-refractivity contribution is -0.117. The van der Waals surface area contributed by atoms with Gasteiger partial charge in [-0.15, -0.1) is 0 Å². The molecule has 0 unspecified atom stereocenters. The van der Waals surface area contributed by atoms with Crippen molar-refractivity contribution in [3.05, 3.63) is 59.4 Å². The first-order valence-electron chi connectivity index (χ1n) is 8.67. The molecule has 1 atom stereocenters. The van der Waals surface area contributed by atoms with Crippen molar-refractivity contribution < 1.29 is 14.3 Å². The molecule has 0 saturated heterocycles. The van der Waals surface area contributed by atoms with Gasteiger partial charge in [-0.25, -0.2) is 15.0 Å². The summed E-state index contributed by atoms with van der Waals surface area (Å²) in [6.45, 7) is 3.16. The van der Waals surface area contributed by atoms with Crippen LogP contribution in [0.2, 0.25) is 5.02 Å². The minimum absolute atomic E-state index is 0.0407. The largest absolute Gasteiger partial charge is 0.439 e. The second-order valence-corrected chi connectivity index (χ2v) is 6.68. The fourth-order valence-electron chi connectivity index (χ4n) is 2.32. The highest BCUT2D eigenvalue weighted by molar-refractivity contribution is 6.30. The summed E-state index contributed by atoms with van der Waals surface area (Å²) in [4.78, 5) is 35.8. The van der Waals surface area contributed by atoms with Crippen LogP contribution in [0.3, 0.4) is 0 Å². The summed E-state index contributed by atoms with van der Waals surface area (Å²) >= 11 is 5.81. The van der Waals surface area contributed by atoms with Gasteiger partial charge in [-0.05, 0) is 44.2 Å². The standard InChI is InChI=1S/C20H18ClN5O3/c1-11(12(2)27)24-17-9-16(19(22)28)25-20(26-17)13-3-6-15(7-4-13)29-18-8-5-14(21)10-23-18/h3-11H,1-2H3,(H2,22,28)(H,24,25,26)/t11-/m0/s1. The van der Waals surface area contributed by atoms with Crippen molar-refractivity contribution in [3.63, 3.8) is 0 Å². The summed E-state index contributed by atoms with van der Waals surface area (Å²) in [5, 5.41) is 3.46. The van der Waals surface area contributed by atoms with Crippen molar-refractivity contribution >= 4 is 29.1 Å². The Morgan fingerprint density at radius 1 is 1.14 bits per heavy atom. The monoisotopic (exact) mass is 411 g/mol. The minimum Gasteiger partial charge on any atom is -0.439 e. The van der Waals surface area contributed by atoms with Crippen LogP contribution in [0, 0.1) is 0 Å². The number of rotatable bonds is 7. The first-order valence-corrected chi connectivity index (χ1v) is 9.05. The normalized spacial score (nSPS) is 11.6. The summed E-state index contributed by atoms with van der Waals surface area (Å²) in [6, 6.07) is 11.2. The summed E-state index contributed by atoms with van der Waals surface area (Å²) in [6.07, 6.45) is 1.49. The molecule has 0 radical (unpaired) electrons. The van der Waals surface area contributed by atoms with Crippen molar-refractivity contribution in [2.45, 2.75) is 19.9 Å². The van der Waals surface area contributed by atoms with E-state index < -0.39 is 11.9 Å². The van der Waals surface area contributed by atoms with E-state index in [1.807, 2.05) is 0 Å². The summed E-state index contributed by atoms with van der Waals surface area (Å²) in [5.74, 6) is 0.814. The van der Waals surface area contributed by atoms with Crippen LogP contribution in [0.25, 0.3) is 11.4 Å². The predicted molar refractivity (Wildman–Crippen MR) is 109 cm³/mol. The second-order valence-electron chi connectivity index (χ2n) is 6.24. The van der Waals surface area contributed by atoms with Crippen LogP contribution in [0.1, 0.15) is 24.3 Å². The van der Waals surface area contributed by atoms with E-state index in [2.05, 4.69) is 20.3 Å². The molecule has 2 heterocycles. The molecule has 0 aliphatic rings. The quantitative estimate of drug-likeness (QED) is 0.610. The molecule has 3 rings (SSSR count). The number of nitrogens with zero attached hydrogens (tertiary/aromatic N) is 3. The average Bonchev–Trinajstić information content (AvgIpc) is 2.70. The van der Waals surface area contributed by atoms with Crippen LogP contribution in [0.4, 0.5) is 5.82 Å². The Morgan fingerprint density at radius 3 is 2.45 bits per heavy atom. The Morgan fingerprint density at radius 2 is 1.86 bits per heavy atom. The van der Waals surface area contributed by atoms with Crippen molar-refractivity contribution in [2.24, 2.45) is 5.73 Å². The van der Waals surface area contributed by atoms with Crippen LogP contribution in [0.15, 0.2) is 48.7 Å². The smallest absolute Gasteiger partial charge is 0.267 e. The van der Waals surface area contributed by atoms with Gasteiger partial charge in [0.2, 0.25) is 5.88 Å². The lowest BCUT2D eigenvalue weighted by Gasteiger charge is -2.13. The first-order chi connectivity index (χ1) is 13.8. The molecule has 148 valence electrons. The number of primary amides is 1. The van der Waals surface area contributed by atoms with Crippen molar-refractivity contribution in [1.29, 1.82) is 0 Å². The second kappa shape index (κ2) is 8.66. The van der Waals surface area contributed by atoms with E-state index in [1.54, 1.807) is 43.3 Å². The van der Waals surface area contributed by atoms with E-state index in [0.717, 1.165) is 0 Å². The molecule has 0 aliphatic heterocycles. The number of ether oxygens (including phenoxy) is 1. The van der Waals surface area contributed by atoms with Gasteiger partial charge < -0.3 is 15.8 Å². The molecule has 29 heavy (non-hydrogen) atoms. The average molecular weight is 412 g/mol. The molecular formula is C20H18ClN5O3. The summed E-state index contributed by atoms with van der Waals surface area (Å²) in [7, 11) is 0. The maximum Gasteiger partial charge on any atom is 0.267 e. The SMILES string of the molecule is CC(=O)[C@H](C)Nc1cc(C(N)=O)nc(-c2ccc(Oc3ccc(Cl)cn3)cc2)n1. The molecule has 8 nitrogen and oxygen atoms in total. The zero-order chi connectivity index (χ0) is 21.0. The van der Waals surface area contributed by atoms with Gasteiger partial charge in [0.25, 0.3) is 5.91 Å². The van der Waals surface area contributed by atoms with Gasteiger partial charge in [0, 0.05) is 23.9 Å². The molecule has 0 aliphatic carbocycles. The van der Waals surface area contributed by atoms with Crippen LogP contribution in [0.5, 0.6) is 11.6 Å². The van der Waals surface area contributed by atoms with E-state index in [9.17, 15) is 9.59 Å². The van der Waals surface area contributed by atoms with Crippen LogP contribution in [-0.4, -0.2) is 32.7 Å². The number of aromatic nitrogens is 3. The van der Waals surface area contributed by atoms with Crippen molar-refractivity contribution in [2.75, 3.05) is 5.32 Å². The molecule has 2 aromatic heterocycles. The number of carbonyl (C=O) groups excluding carboxylic acids is 2. The van der Waals surface area contributed by atoms with Crippen molar-refractivity contribution in [3.8, 4) is 23.0 Å². The zero-order valence-electron chi connectivity index (χ0n) is 15.7. The number of nitrogens with two attached hydrogens (primary N) is 1. The van der Waals surface area contributed by atoms with Gasteiger partial charge in [-0.2, -0.15) is 0 Å². The fourth-order valence-corrected chi connectivity index (χ4v) is 2.43. The molecular weight excluding hydrogens is 394 g/mol. The number of pyridine rings is 1. The van der Waals surface area contributed by atoms with Gasteiger partial charge in [-0.3, -0.25) is 9.59 Å². The molecule has 1 amide bonds. The number of hydrogen-bond acceptors (Lipinski definition) is 7. The Kier molecular flexibility index (Phi) is 6.04. The Hall–Kier alpha value is -3.52. The van der Waals surface area contributed by atoms with E-state index in [1.165, 1.54) is 19.2 Å². The highest BCUT2D eigenvalue weighted by Crippen LogP contribution is 2.25. The maximum atomic E-state index is 11.6. The summed E-state index contributed by atoms with van der Waals surface area (Å²) in [5.41, 5.74) is 6.06. The molecule has 3 aromatic rings. The third-order valence-electron chi connectivity index (χ3n) is 3.99. The van der Waals surface area contributed by atoms with Crippen LogP contribution < -0.4 is 15.8 Å². The van der Waals surface area contributed by atoms with E-state index in [0.29, 0.717) is 28.0 Å². The number of hydrogen-bond donors (Lipinski definition) is 2. The molecule has 0 fully saturated rings. The number of halogens is 1. The highest BCUT2D eigenvalue weighted by Gasteiger charge is 2.14. The summed E-state index contributed by atoms with van der Waals surface area (Å²) < 4.78 is 5.65. The number of Topliss-reactive ketones (excluding diaryl/α,β-unsaturated/α-hetero) is 1. The lowest BCUT2D eigenvalue weighted by Crippen LogP contribution is -2.25. The van der Waals surface area contributed by atoms with Gasteiger partial charge in [-0.1, -0.05) is 11.6 Å². The van der Waals surface area contributed by atoms with Gasteiger partial charge in [0.1, 0.15) is 17.3 Å². The number of anilines is 1. The molecule has 9 heteroatoms. The number of carbonyl (C=O) groups is 2. The van der Waals surface area contributed by atoms with Crippen LogP contribution >= 0.6 is 11.6 Å². The predicted octanol–water partition coefficient (Wildman–Crippen LogP) is 3.47. The molecule has 0 spiro atoms. The van der Waals surface area contributed by atoms with Gasteiger partial charge >= 0.3 is 0 Å². The minimum atomic E-state index is -0.694. The van der Waals surface area contributed by atoms with E-state index >= 15 is 0 Å². The van der Waals surface area contributed by atoms with Crippen LogP contribution in [-0.2, 0) is 4.79 Å². The Bertz CT molecular complexity index is 1040. The van der Waals surface area contributed by atoms with Gasteiger partial charge in [0.05, 0.1) is 11.1 Å². The van der Waals surface area contributed by atoms with E-state index in [4.69, 9.17) is 22.1 Å². The third kappa shape index (κ3) is 5.26. The third-order valence-corrected chi connectivity index (χ3v) is 4.21. The first kappa shape index (κ1) is 20.2. The number of benzene rings is 1. The lowest BCUT2D eigenvalue weighted by atomic mass is 10.2. The number of nitrogens with one attached hydrogen (secondary N) is 1. The zero-order valence-corrected chi connectivity index (χ0v) is 16.5. The molecule has 0 saturated carbocycles.